The molecule has 0 saturated heterocycles. The lowest BCUT2D eigenvalue weighted by Gasteiger charge is -2.01. The lowest BCUT2D eigenvalue weighted by Crippen LogP contribution is -2.03. The van der Waals surface area contributed by atoms with Gasteiger partial charge in [0.25, 0.3) is 6.47 Å². The molecule has 0 amide bonds. The number of hydrogen-bond donors (Lipinski definition) is 0. The topological polar surface area (TPSA) is 65.0 Å². The summed E-state index contributed by atoms with van der Waals surface area (Å²) < 4.78 is 4.51. The Morgan fingerprint density at radius 1 is 1.57 bits per heavy atom. The Balaban J connectivity index is 2.63. The molecule has 14 heavy (non-hydrogen) atoms. The maximum absolute atomic E-state index is 9.87. The van der Waals surface area contributed by atoms with Crippen molar-refractivity contribution in [3.63, 3.8) is 0 Å². The van der Waals surface area contributed by atoms with Gasteiger partial charge in [0.1, 0.15) is 5.69 Å². The number of nitrogens with zero attached hydrogens (tertiary/aromatic N) is 3. The van der Waals surface area contributed by atoms with Crippen molar-refractivity contribution in [2.45, 2.75) is 11.6 Å². The third-order valence-corrected chi connectivity index (χ3v) is 2.24. The summed E-state index contributed by atoms with van der Waals surface area (Å²) in [5.41, 5.74) is 0.534. The van der Waals surface area contributed by atoms with E-state index < -0.39 is 0 Å². The van der Waals surface area contributed by atoms with Crippen LogP contribution in [0.2, 0.25) is 5.15 Å². The Kier molecular flexibility index (Phi) is 4.61. The zero-order chi connectivity index (χ0) is 10.4. The third-order valence-electron chi connectivity index (χ3n) is 1.40. The summed E-state index contributed by atoms with van der Waals surface area (Å²) in [6, 6.07) is 0. The highest BCUT2D eigenvalue weighted by atomic mass is 35.5. The second-order valence-corrected chi connectivity index (χ2v) is 3.38. The zero-order valence-electron chi connectivity index (χ0n) is 7.44. The highest BCUT2D eigenvalue weighted by Gasteiger charge is 2.06. The summed E-state index contributed by atoms with van der Waals surface area (Å²) >= 11 is 7.18. The second kappa shape index (κ2) is 5.77. The molecule has 0 bridgehead atoms. The van der Waals surface area contributed by atoms with Crippen molar-refractivity contribution >= 4 is 29.8 Å². The lowest BCUT2D eigenvalue weighted by molar-refractivity contribution is -0.128. The number of carbonyl (C=O) groups is 1. The van der Waals surface area contributed by atoms with Crippen LogP contribution in [-0.4, -0.2) is 34.5 Å². The van der Waals surface area contributed by atoms with Gasteiger partial charge in [-0.25, -0.2) is 4.98 Å². The van der Waals surface area contributed by atoms with Gasteiger partial charge in [-0.1, -0.05) is 23.4 Å². The van der Waals surface area contributed by atoms with Crippen LogP contribution in [0.25, 0.3) is 0 Å². The van der Waals surface area contributed by atoms with Crippen LogP contribution in [0.1, 0.15) is 5.69 Å². The molecule has 7 heteroatoms. The maximum Gasteiger partial charge on any atom is 0.293 e. The van der Waals surface area contributed by atoms with Crippen molar-refractivity contribution in [1.29, 1.82) is 0 Å². The van der Waals surface area contributed by atoms with E-state index in [2.05, 4.69) is 19.9 Å². The normalized spacial score (nSPS) is 9.86. The van der Waals surface area contributed by atoms with Crippen LogP contribution in [-0.2, 0) is 16.0 Å². The van der Waals surface area contributed by atoms with Crippen LogP contribution in [0.4, 0.5) is 0 Å². The van der Waals surface area contributed by atoms with Gasteiger partial charge in [0, 0.05) is 6.42 Å². The molecule has 0 radical (unpaired) electrons. The fourth-order valence-corrected chi connectivity index (χ4v) is 1.33. The van der Waals surface area contributed by atoms with E-state index in [1.54, 1.807) is 0 Å². The van der Waals surface area contributed by atoms with Crippen molar-refractivity contribution in [2.24, 2.45) is 0 Å². The second-order valence-electron chi connectivity index (χ2n) is 2.25. The van der Waals surface area contributed by atoms with E-state index in [9.17, 15) is 4.79 Å². The van der Waals surface area contributed by atoms with Crippen LogP contribution in [0.3, 0.4) is 0 Å². The van der Waals surface area contributed by atoms with E-state index in [1.807, 2.05) is 6.26 Å². The third kappa shape index (κ3) is 3.12. The molecule has 0 aliphatic carbocycles. The molecule has 0 fully saturated rings. The summed E-state index contributed by atoms with van der Waals surface area (Å²) in [5, 5.41) is 8.50. The average molecular weight is 234 g/mol. The van der Waals surface area contributed by atoms with Gasteiger partial charge in [0.2, 0.25) is 5.16 Å². The Hall–Kier alpha value is -0.880. The highest BCUT2D eigenvalue weighted by molar-refractivity contribution is 7.98. The molecule has 0 atom stereocenters. The SMILES string of the molecule is CSc1nnc(CCOC=O)c(Cl)n1. The van der Waals surface area contributed by atoms with Gasteiger partial charge < -0.3 is 4.74 Å². The predicted octanol–water partition coefficient (Wildman–Crippen LogP) is 0.962. The molecule has 76 valence electrons. The van der Waals surface area contributed by atoms with Gasteiger partial charge in [-0.15, -0.1) is 10.2 Å². The van der Waals surface area contributed by atoms with Crippen LogP contribution in [0.5, 0.6) is 0 Å². The van der Waals surface area contributed by atoms with Crippen LogP contribution >= 0.6 is 23.4 Å². The minimum absolute atomic E-state index is 0.234. The van der Waals surface area contributed by atoms with E-state index in [-0.39, 0.29) is 6.61 Å². The molecule has 1 aromatic rings. The molecule has 0 unspecified atom stereocenters. The van der Waals surface area contributed by atoms with E-state index in [4.69, 9.17) is 11.6 Å². The number of aromatic nitrogens is 3. The number of rotatable bonds is 5. The van der Waals surface area contributed by atoms with Crippen LogP contribution in [0, 0.1) is 0 Å². The van der Waals surface area contributed by atoms with Crippen LogP contribution < -0.4 is 0 Å². The van der Waals surface area contributed by atoms with Crippen molar-refractivity contribution in [1.82, 2.24) is 15.2 Å². The first-order valence-electron chi connectivity index (χ1n) is 3.76. The Labute approximate surface area is 90.2 Å². The number of ether oxygens (including phenoxy) is 1. The fraction of sp³-hybridized carbons (Fsp3) is 0.429. The highest BCUT2D eigenvalue weighted by Crippen LogP contribution is 2.14. The molecule has 0 N–H and O–H groups in total. The minimum Gasteiger partial charge on any atom is -0.467 e. The van der Waals surface area contributed by atoms with E-state index >= 15 is 0 Å². The number of halogens is 1. The Morgan fingerprint density at radius 3 is 2.93 bits per heavy atom. The summed E-state index contributed by atoms with van der Waals surface area (Å²) in [6.45, 7) is 0.614. The van der Waals surface area contributed by atoms with Gasteiger partial charge in [-0.05, 0) is 6.26 Å². The quantitative estimate of drug-likeness (QED) is 0.429. The zero-order valence-corrected chi connectivity index (χ0v) is 9.01. The molecule has 0 aromatic carbocycles. The Bertz CT molecular complexity index is 324. The molecule has 0 saturated carbocycles. The molecule has 1 heterocycles. The van der Waals surface area contributed by atoms with Crippen molar-refractivity contribution in [2.75, 3.05) is 12.9 Å². The van der Waals surface area contributed by atoms with Gasteiger partial charge >= 0.3 is 0 Å². The van der Waals surface area contributed by atoms with Gasteiger partial charge in [0.05, 0.1) is 6.61 Å². The average Bonchev–Trinajstić information content (AvgIpc) is 2.20. The number of carbonyl (C=O) groups excluding carboxylic acids is 1. The largest absolute Gasteiger partial charge is 0.467 e. The summed E-state index contributed by atoms with van der Waals surface area (Å²) in [4.78, 5) is 13.9. The maximum atomic E-state index is 9.87. The summed E-state index contributed by atoms with van der Waals surface area (Å²) in [6.07, 6.45) is 2.26. The molecule has 5 nitrogen and oxygen atoms in total. The first-order valence-corrected chi connectivity index (χ1v) is 5.36. The van der Waals surface area contributed by atoms with Crippen molar-refractivity contribution in [3.05, 3.63) is 10.8 Å². The number of hydrogen-bond acceptors (Lipinski definition) is 6. The first kappa shape index (κ1) is 11.2. The van der Waals surface area contributed by atoms with Gasteiger partial charge in [-0.3, -0.25) is 4.79 Å². The summed E-state index contributed by atoms with van der Waals surface area (Å²) in [5.74, 6) is 0. The van der Waals surface area contributed by atoms with Gasteiger partial charge in [-0.2, -0.15) is 0 Å². The predicted molar refractivity (Wildman–Crippen MR) is 52.3 cm³/mol. The molecule has 0 spiro atoms. The van der Waals surface area contributed by atoms with Crippen molar-refractivity contribution in [3.8, 4) is 0 Å². The summed E-state index contributed by atoms with van der Waals surface area (Å²) in [7, 11) is 0. The van der Waals surface area contributed by atoms with E-state index in [0.717, 1.165) is 0 Å². The van der Waals surface area contributed by atoms with Crippen LogP contribution in [0.15, 0.2) is 5.16 Å². The minimum atomic E-state index is 0.234. The van der Waals surface area contributed by atoms with E-state index in [0.29, 0.717) is 28.9 Å². The molecule has 1 rings (SSSR count). The molecule has 0 aliphatic rings. The molecular formula is C7H8ClN3O2S. The first-order chi connectivity index (χ1) is 6.77. The standard InChI is InChI=1S/C7H8ClN3O2S/c1-14-7-9-6(8)5(10-11-7)2-3-13-4-12/h4H,2-3H2,1H3. The van der Waals surface area contributed by atoms with E-state index in [1.165, 1.54) is 11.8 Å². The smallest absolute Gasteiger partial charge is 0.293 e. The number of thioether (sulfide) groups is 1. The lowest BCUT2D eigenvalue weighted by atomic mass is 10.3. The Morgan fingerprint density at radius 2 is 2.36 bits per heavy atom. The molecular weight excluding hydrogens is 226 g/mol. The fourth-order valence-electron chi connectivity index (χ4n) is 0.759. The van der Waals surface area contributed by atoms with Crippen molar-refractivity contribution < 1.29 is 9.53 Å². The van der Waals surface area contributed by atoms with Gasteiger partial charge in [0.15, 0.2) is 5.15 Å². The molecule has 1 aromatic heterocycles. The monoisotopic (exact) mass is 233 g/mol. The molecule has 0 aliphatic heterocycles.